The molecule has 1 aliphatic carbocycles. The number of carbonyl (C=O) groups is 3. The first-order chi connectivity index (χ1) is 15.9. The third-order valence-corrected chi connectivity index (χ3v) is 5.97. The number of carbonyl (C=O) groups excluding carboxylic acids is 2. The molecule has 1 fully saturated rings. The van der Waals surface area contributed by atoms with Gasteiger partial charge in [-0.1, -0.05) is 48.5 Å². The Kier molecular flexibility index (Phi) is 6.90. The Morgan fingerprint density at radius 1 is 1.00 bits per heavy atom. The Labute approximate surface area is 190 Å². The summed E-state index contributed by atoms with van der Waals surface area (Å²) in [5, 5.41) is 22.9. The number of hydrogen-bond donors (Lipinski definition) is 4. The molecule has 0 aromatic heterocycles. The predicted octanol–water partition coefficient (Wildman–Crippen LogP) is 1.63. The van der Waals surface area contributed by atoms with Crippen molar-refractivity contribution in [3.05, 3.63) is 59.7 Å². The van der Waals surface area contributed by atoms with Gasteiger partial charge in [0.05, 0.1) is 12.6 Å². The number of aliphatic hydroxyl groups is 1. The van der Waals surface area contributed by atoms with Crippen molar-refractivity contribution in [2.24, 2.45) is 0 Å². The average Bonchev–Trinajstić information content (AvgIpc) is 3.42. The summed E-state index contributed by atoms with van der Waals surface area (Å²) >= 11 is 0. The molecule has 4 N–H and O–H groups in total. The standard InChI is InChI=1S/C24H26N2O7/c27-20(23(29)30)12-25-22(28)21-10-9-14(33-21)11-26-24(31)32-13-19-17-7-3-1-5-15(17)16-6-2-4-8-18(16)19/h1-8,14,19-21,27H,9-13H2,(H,25,28)(H,26,31)(H,29,30)/t14?,20-,21?/m0/s1. The third-order valence-electron chi connectivity index (χ3n) is 5.97. The van der Waals surface area contributed by atoms with E-state index < -0.39 is 36.7 Å². The maximum Gasteiger partial charge on any atom is 0.407 e. The number of aliphatic carboxylic acids is 1. The number of nitrogens with one attached hydrogen (secondary N) is 2. The van der Waals surface area contributed by atoms with E-state index in [-0.39, 0.29) is 25.2 Å². The number of hydrogen-bond acceptors (Lipinski definition) is 6. The van der Waals surface area contributed by atoms with Crippen LogP contribution in [-0.2, 0) is 19.1 Å². The van der Waals surface area contributed by atoms with Crippen LogP contribution < -0.4 is 10.6 Å². The highest BCUT2D eigenvalue weighted by molar-refractivity contribution is 5.82. The molecule has 2 aromatic carbocycles. The molecule has 4 rings (SSSR count). The zero-order valence-corrected chi connectivity index (χ0v) is 17.9. The van der Waals surface area contributed by atoms with Crippen LogP contribution in [0.15, 0.2) is 48.5 Å². The molecule has 2 unspecified atom stereocenters. The molecule has 33 heavy (non-hydrogen) atoms. The number of ether oxygens (including phenoxy) is 2. The number of rotatable bonds is 8. The highest BCUT2D eigenvalue weighted by Crippen LogP contribution is 2.44. The SMILES string of the molecule is O=C(NCC1CCC(C(=O)NC[C@H](O)C(=O)O)O1)OCC1c2ccccc2-c2ccccc21. The Bertz CT molecular complexity index is 995. The number of alkyl carbamates (subject to hydrolysis) is 1. The maximum absolute atomic E-state index is 12.3. The van der Waals surface area contributed by atoms with E-state index in [0.717, 1.165) is 22.3 Å². The quantitative estimate of drug-likeness (QED) is 0.476. The van der Waals surface area contributed by atoms with Crippen molar-refractivity contribution in [1.29, 1.82) is 0 Å². The van der Waals surface area contributed by atoms with Crippen molar-refractivity contribution in [3.8, 4) is 11.1 Å². The minimum Gasteiger partial charge on any atom is -0.479 e. The van der Waals surface area contributed by atoms with Gasteiger partial charge in [-0.25, -0.2) is 9.59 Å². The fourth-order valence-corrected chi connectivity index (χ4v) is 4.29. The first-order valence-corrected chi connectivity index (χ1v) is 10.9. The number of carboxylic acids is 1. The number of fused-ring (bicyclic) bond motifs is 3. The number of aliphatic hydroxyl groups excluding tert-OH is 1. The van der Waals surface area contributed by atoms with Gasteiger partial charge in [-0.2, -0.15) is 0 Å². The monoisotopic (exact) mass is 454 g/mol. The molecular formula is C24H26N2O7. The van der Waals surface area contributed by atoms with Gasteiger partial charge >= 0.3 is 12.1 Å². The van der Waals surface area contributed by atoms with E-state index in [4.69, 9.17) is 14.6 Å². The van der Waals surface area contributed by atoms with Crippen LogP contribution >= 0.6 is 0 Å². The molecule has 2 aromatic rings. The van der Waals surface area contributed by atoms with E-state index in [9.17, 15) is 19.5 Å². The molecule has 1 aliphatic heterocycles. The Morgan fingerprint density at radius 2 is 1.64 bits per heavy atom. The van der Waals surface area contributed by atoms with Gasteiger partial charge in [0.25, 0.3) is 0 Å². The summed E-state index contributed by atoms with van der Waals surface area (Å²) in [6, 6.07) is 16.2. The first-order valence-electron chi connectivity index (χ1n) is 10.9. The van der Waals surface area contributed by atoms with E-state index in [1.165, 1.54) is 0 Å². The maximum atomic E-state index is 12.3. The van der Waals surface area contributed by atoms with Gasteiger partial charge in [0.2, 0.25) is 5.91 Å². The van der Waals surface area contributed by atoms with Gasteiger partial charge in [0, 0.05) is 12.5 Å². The number of benzene rings is 2. The lowest BCUT2D eigenvalue weighted by Crippen LogP contribution is -2.42. The van der Waals surface area contributed by atoms with Gasteiger partial charge in [0.15, 0.2) is 6.10 Å². The molecule has 9 heteroatoms. The molecule has 0 spiro atoms. The average molecular weight is 454 g/mol. The van der Waals surface area contributed by atoms with E-state index in [0.29, 0.717) is 12.8 Å². The van der Waals surface area contributed by atoms with E-state index in [1.54, 1.807) is 0 Å². The van der Waals surface area contributed by atoms with Crippen molar-refractivity contribution >= 4 is 18.0 Å². The summed E-state index contributed by atoms with van der Waals surface area (Å²) < 4.78 is 11.1. The molecule has 0 radical (unpaired) electrons. The van der Waals surface area contributed by atoms with Gasteiger partial charge < -0.3 is 30.3 Å². The van der Waals surface area contributed by atoms with E-state index in [2.05, 4.69) is 22.8 Å². The van der Waals surface area contributed by atoms with Gasteiger partial charge in [-0.3, -0.25) is 4.79 Å². The fourth-order valence-electron chi connectivity index (χ4n) is 4.29. The lowest BCUT2D eigenvalue weighted by Gasteiger charge is -2.17. The minimum absolute atomic E-state index is 0.0277. The molecule has 174 valence electrons. The Hall–Kier alpha value is -3.43. The third kappa shape index (κ3) is 5.15. The normalized spacial score (nSPS) is 19.9. The topological polar surface area (TPSA) is 134 Å². The van der Waals surface area contributed by atoms with Crippen LogP contribution in [-0.4, -0.2) is 66.2 Å². The van der Waals surface area contributed by atoms with Crippen LogP contribution in [0.1, 0.15) is 29.9 Å². The summed E-state index contributed by atoms with van der Waals surface area (Å²) in [4.78, 5) is 34.9. The van der Waals surface area contributed by atoms with Crippen molar-refractivity contribution in [3.63, 3.8) is 0 Å². The molecule has 1 heterocycles. The first kappa shape index (κ1) is 22.8. The highest BCUT2D eigenvalue weighted by Gasteiger charge is 2.32. The fraction of sp³-hybridized carbons (Fsp3) is 0.375. The second kappa shape index (κ2) is 10.0. The van der Waals surface area contributed by atoms with Crippen LogP contribution in [0.25, 0.3) is 11.1 Å². The molecule has 9 nitrogen and oxygen atoms in total. The summed E-state index contributed by atoms with van der Waals surface area (Å²) in [6.07, 6.45) is -2.33. The second-order valence-electron chi connectivity index (χ2n) is 8.13. The zero-order chi connectivity index (χ0) is 23.4. The van der Waals surface area contributed by atoms with Crippen molar-refractivity contribution < 1.29 is 34.1 Å². The van der Waals surface area contributed by atoms with Crippen molar-refractivity contribution in [1.82, 2.24) is 10.6 Å². The summed E-state index contributed by atoms with van der Waals surface area (Å²) in [6.45, 7) is 0.0111. The number of amides is 2. The Morgan fingerprint density at radius 3 is 2.27 bits per heavy atom. The van der Waals surface area contributed by atoms with Crippen molar-refractivity contribution in [2.75, 3.05) is 19.7 Å². The summed E-state index contributed by atoms with van der Waals surface area (Å²) in [5.41, 5.74) is 4.57. The second-order valence-corrected chi connectivity index (χ2v) is 8.13. The molecule has 3 atom stereocenters. The van der Waals surface area contributed by atoms with Crippen LogP contribution in [0.4, 0.5) is 4.79 Å². The Balaban J connectivity index is 1.22. The van der Waals surface area contributed by atoms with Crippen LogP contribution in [0.2, 0.25) is 0 Å². The largest absolute Gasteiger partial charge is 0.479 e. The number of carboxylic acid groups (broad SMARTS) is 1. The molecule has 0 saturated carbocycles. The molecule has 1 saturated heterocycles. The zero-order valence-electron chi connectivity index (χ0n) is 17.9. The minimum atomic E-state index is -1.67. The summed E-state index contributed by atoms with van der Waals surface area (Å²) in [7, 11) is 0. The van der Waals surface area contributed by atoms with Gasteiger partial charge in [-0.05, 0) is 35.1 Å². The lowest BCUT2D eigenvalue weighted by atomic mass is 9.98. The lowest BCUT2D eigenvalue weighted by molar-refractivity contribution is -0.146. The molecule has 2 aliphatic rings. The highest BCUT2D eigenvalue weighted by atomic mass is 16.6. The van der Waals surface area contributed by atoms with Crippen LogP contribution in [0.5, 0.6) is 0 Å². The molecule has 0 bridgehead atoms. The van der Waals surface area contributed by atoms with Crippen molar-refractivity contribution in [2.45, 2.75) is 37.1 Å². The smallest absolute Gasteiger partial charge is 0.407 e. The van der Waals surface area contributed by atoms with E-state index in [1.807, 2.05) is 36.4 Å². The van der Waals surface area contributed by atoms with Gasteiger partial charge in [-0.15, -0.1) is 0 Å². The molecular weight excluding hydrogens is 428 g/mol. The van der Waals surface area contributed by atoms with Gasteiger partial charge in [0.1, 0.15) is 12.7 Å². The summed E-state index contributed by atoms with van der Waals surface area (Å²) in [5.74, 6) is -1.92. The van der Waals surface area contributed by atoms with Crippen LogP contribution in [0.3, 0.4) is 0 Å². The van der Waals surface area contributed by atoms with E-state index >= 15 is 0 Å². The predicted molar refractivity (Wildman–Crippen MR) is 118 cm³/mol. The molecule has 2 amide bonds. The van der Waals surface area contributed by atoms with Crippen LogP contribution in [0, 0.1) is 0 Å².